The van der Waals surface area contributed by atoms with Crippen molar-refractivity contribution in [2.45, 2.75) is 24.2 Å². The molecular weight excluding hydrogens is 323 g/mol. The smallest absolute Gasteiger partial charge is 0.243 e. The lowest BCUT2D eigenvalue weighted by atomic mass is 9.86. The van der Waals surface area contributed by atoms with Crippen LogP contribution in [0.15, 0.2) is 21.5 Å². The highest BCUT2D eigenvalue weighted by atomic mass is 79.9. The minimum atomic E-state index is -3.84. The third-order valence-corrected chi connectivity index (χ3v) is 5.09. The van der Waals surface area contributed by atoms with Crippen LogP contribution >= 0.6 is 15.9 Å². The Hall–Kier alpha value is -0.660. The van der Waals surface area contributed by atoms with E-state index >= 15 is 0 Å². The molecule has 0 atom stereocenters. The van der Waals surface area contributed by atoms with Crippen molar-refractivity contribution in [3.8, 4) is 0 Å². The van der Waals surface area contributed by atoms with E-state index in [9.17, 15) is 12.8 Å². The van der Waals surface area contributed by atoms with Crippen molar-refractivity contribution in [1.29, 1.82) is 0 Å². The van der Waals surface area contributed by atoms with E-state index in [0.717, 1.165) is 25.3 Å². The van der Waals surface area contributed by atoms with Crippen LogP contribution in [-0.2, 0) is 10.0 Å². The maximum absolute atomic E-state index is 13.8. The molecule has 3 N–H and O–H groups in total. The molecule has 0 bridgehead atoms. The second-order valence-corrected chi connectivity index (χ2v) is 7.05. The molecule has 0 amide bonds. The Balaban J connectivity index is 2.22. The third kappa shape index (κ3) is 2.84. The molecule has 0 spiro atoms. The molecule has 0 aliphatic heterocycles. The minimum Gasteiger partial charge on any atom is -0.399 e. The van der Waals surface area contributed by atoms with Crippen molar-refractivity contribution in [1.82, 2.24) is 4.72 Å². The first-order chi connectivity index (χ1) is 8.40. The first kappa shape index (κ1) is 13.8. The summed E-state index contributed by atoms with van der Waals surface area (Å²) in [6.45, 7) is 0.355. The van der Waals surface area contributed by atoms with Gasteiger partial charge in [0.1, 0.15) is 4.90 Å². The number of hydrogen-bond acceptors (Lipinski definition) is 3. The number of hydrogen-bond donors (Lipinski definition) is 2. The number of nitrogen functional groups attached to an aromatic ring is 1. The molecule has 1 fully saturated rings. The molecule has 0 radical (unpaired) electrons. The van der Waals surface area contributed by atoms with E-state index < -0.39 is 20.7 Å². The Kier molecular flexibility index (Phi) is 3.93. The predicted molar refractivity (Wildman–Crippen MR) is 71.0 cm³/mol. The summed E-state index contributed by atoms with van der Waals surface area (Å²) >= 11 is 2.95. The van der Waals surface area contributed by atoms with Crippen LogP contribution in [0.3, 0.4) is 0 Å². The lowest BCUT2D eigenvalue weighted by molar-refractivity contribution is 0.316. The van der Waals surface area contributed by atoms with Gasteiger partial charge >= 0.3 is 0 Å². The van der Waals surface area contributed by atoms with E-state index in [1.54, 1.807) is 0 Å². The molecule has 7 heteroatoms. The highest BCUT2D eigenvalue weighted by Gasteiger charge is 2.24. The number of benzene rings is 1. The monoisotopic (exact) mass is 336 g/mol. The quantitative estimate of drug-likeness (QED) is 0.828. The van der Waals surface area contributed by atoms with Crippen LogP contribution in [0.4, 0.5) is 10.1 Å². The Morgan fingerprint density at radius 3 is 2.67 bits per heavy atom. The zero-order chi connectivity index (χ0) is 13.3. The Bertz CT molecular complexity index is 558. The summed E-state index contributed by atoms with van der Waals surface area (Å²) in [6, 6.07) is 2.46. The molecule has 0 saturated heterocycles. The van der Waals surface area contributed by atoms with Gasteiger partial charge in [0.15, 0.2) is 5.82 Å². The lowest BCUT2D eigenvalue weighted by Gasteiger charge is -2.25. The van der Waals surface area contributed by atoms with Gasteiger partial charge in [-0.3, -0.25) is 0 Å². The van der Waals surface area contributed by atoms with Crippen molar-refractivity contribution in [3.05, 3.63) is 22.4 Å². The van der Waals surface area contributed by atoms with Gasteiger partial charge in [-0.2, -0.15) is 0 Å². The summed E-state index contributed by atoms with van der Waals surface area (Å²) < 4.78 is 40.2. The molecular formula is C11H14BrFN2O2S. The number of nitrogens with one attached hydrogen (secondary N) is 1. The van der Waals surface area contributed by atoms with Crippen molar-refractivity contribution in [2.75, 3.05) is 12.3 Å². The van der Waals surface area contributed by atoms with Crippen LogP contribution in [0, 0.1) is 11.7 Å². The van der Waals surface area contributed by atoms with Gasteiger partial charge in [-0.05, 0) is 46.8 Å². The third-order valence-electron chi connectivity index (χ3n) is 3.09. The van der Waals surface area contributed by atoms with Crippen LogP contribution in [0.2, 0.25) is 0 Å². The first-order valence-corrected chi connectivity index (χ1v) is 7.92. The molecule has 1 aromatic carbocycles. The van der Waals surface area contributed by atoms with Crippen LogP contribution < -0.4 is 10.5 Å². The van der Waals surface area contributed by atoms with Gasteiger partial charge in [-0.1, -0.05) is 6.42 Å². The van der Waals surface area contributed by atoms with E-state index in [1.165, 1.54) is 6.07 Å². The molecule has 0 heterocycles. The number of halogens is 2. The predicted octanol–water partition coefficient (Wildman–Crippen LogP) is 2.25. The minimum absolute atomic E-state index is 0.0477. The van der Waals surface area contributed by atoms with Crippen molar-refractivity contribution < 1.29 is 12.8 Å². The molecule has 100 valence electrons. The largest absolute Gasteiger partial charge is 0.399 e. The van der Waals surface area contributed by atoms with Gasteiger partial charge in [0.05, 0.1) is 4.47 Å². The highest BCUT2D eigenvalue weighted by Crippen LogP contribution is 2.28. The summed E-state index contributed by atoms with van der Waals surface area (Å²) in [5, 5.41) is 0. The summed E-state index contributed by atoms with van der Waals surface area (Å²) in [4.78, 5) is -0.409. The standard InChI is InChI=1S/C11H14BrFN2O2S/c12-9-4-8(14)5-10(11(9)13)18(16,17)15-6-7-2-1-3-7/h4-5,7,15H,1-3,6,14H2. The van der Waals surface area contributed by atoms with Gasteiger partial charge in [0, 0.05) is 12.2 Å². The molecule has 18 heavy (non-hydrogen) atoms. The van der Waals surface area contributed by atoms with Crippen LogP contribution in [0.1, 0.15) is 19.3 Å². The maximum atomic E-state index is 13.8. The summed E-state index contributed by atoms with van der Waals surface area (Å²) in [5.41, 5.74) is 5.73. The average Bonchev–Trinajstić information content (AvgIpc) is 2.20. The van der Waals surface area contributed by atoms with E-state index in [4.69, 9.17) is 5.73 Å². The molecule has 1 aromatic rings. The molecule has 2 rings (SSSR count). The van der Waals surface area contributed by atoms with Gasteiger partial charge in [0.2, 0.25) is 10.0 Å². The van der Waals surface area contributed by atoms with Crippen LogP contribution in [0.25, 0.3) is 0 Å². The summed E-state index contributed by atoms with van der Waals surface area (Å²) in [7, 11) is -3.84. The Labute approximate surface area is 114 Å². The van der Waals surface area contributed by atoms with Gasteiger partial charge in [0.25, 0.3) is 0 Å². The van der Waals surface area contributed by atoms with Crippen LogP contribution in [0.5, 0.6) is 0 Å². The maximum Gasteiger partial charge on any atom is 0.243 e. The molecule has 1 aliphatic carbocycles. The lowest BCUT2D eigenvalue weighted by Crippen LogP contribution is -2.32. The fourth-order valence-corrected chi connectivity index (χ4v) is 3.64. The van der Waals surface area contributed by atoms with E-state index in [2.05, 4.69) is 20.7 Å². The van der Waals surface area contributed by atoms with Crippen LogP contribution in [-0.4, -0.2) is 15.0 Å². The molecule has 0 unspecified atom stereocenters. The fraction of sp³-hybridized carbons (Fsp3) is 0.455. The SMILES string of the molecule is Nc1cc(Br)c(F)c(S(=O)(=O)NCC2CCC2)c1. The van der Waals surface area contributed by atoms with Crippen molar-refractivity contribution in [2.24, 2.45) is 5.92 Å². The molecule has 1 aliphatic rings. The first-order valence-electron chi connectivity index (χ1n) is 5.64. The zero-order valence-corrected chi connectivity index (χ0v) is 12.0. The second-order valence-electron chi connectivity index (χ2n) is 4.46. The van der Waals surface area contributed by atoms with Gasteiger partial charge in [-0.25, -0.2) is 17.5 Å². The number of nitrogens with two attached hydrogens (primary N) is 1. The Morgan fingerprint density at radius 2 is 2.11 bits per heavy atom. The summed E-state index contributed by atoms with van der Waals surface area (Å²) in [6.07, 6.45) is 3.17. The van der Waals surface area contributed by atoms with Gasteiger partial charge < -0.3 is 5.73 Å². The normalized spacial score (nSPS) is 16.6. The summed E-state index contributed by atoms with van der Waals surface area (Å²) in [5.74, 6) is -0.447. The molecule has 0 aromatic heterocycles. The molecule has 4 nitrogen and oxygen atoms in total. The molecule has 1 saturated carbocycles. The van der Waals surface area contributed by atoms with E-state index in [-0.39, 0.29) is 10.2 Å². The van der Waals surface area contributed by atoms with Crippen molar-refractivity contribution in [3.63, 3.8) is 0 Å². The fourth-order valence-electron chi connectivity index (χ4n) is 1.78. The Morgan fingerprint density at radius 1 is 1.44 bits per heavy atom. The number of anilines is 1. The van der Waals surface area contributed by atoms with E-state index in [0.29, 0.717) is 12.5 Å². The number of rotatable bonds is 4. The topological polar surface area (TPSA) is 72.2 Å². The zero-order valence-electron chi connectivity index (χ0n) is 9.62. The van der Waals surface area contributed by atoms with Gasteiger partial charge in [-0.15, -0.1) is 0 Å². The number of sulfonamides is 1. The average molecular weight is 337 g/mol. The second kappa shape index (κ2) is 5.14. The van der Waals surface area contributed by atoms with E-state index in [1.807, 2.05) is 0 Å². The van der Waals surface area contributed by atoms with Crippen molar-refractivity contribution >= 4 is 31.6 Å². The highest BCUT2D eigenvalue weighted by molar-refractivity contribution is 9.10.